The van der Waals surface area contributed by atoms with Crippen LogP contribution in [0.1, 0.15) is 52.0 Å². The summed E-state index contributed by atoms with van der Waals surface area (Å²) in [6, 6.07) is 10.2. The molecule has 3 nitrogen and oxygen atoms in total. The quantitative estimate of drug-likeness (QED) is 0.808. The third-order valence-corrected chi connectivity index (χ3v) is 3.10. The van der Waals surface area contributed by atoms with Crippen molar-refractivity contribution in [2.45, 2.75) is 45.4 Å². The van der Waals surface area contributed by atoms with Crippen molar-refractivity contribution in [3.8, 4) is 0 Å². The van der Waals surface area contributed by atoms with Crippen LogP contribution in [0.3, 0.4) is 0 Å². The van der Waals surface area contributed by atoms with Crippen molar-refractivity contribution in [1.82, 2.24) is 10.2 Å². The van der Waals surface area contributed by atoms with Crippen molar-refractivity contribution in [3.05, 3.63) is 47.7 Å². The second-order valence-corrected chi connectivity index (χ2v) is 6.15. The molecule has 1 aromatic heterocycles. The Hall–Kier alpha value is -1.64. The Bertz CT molecular complexity index is 521. The molecule has 1 heterocycles. The van der Waals surface area contributed by atoms with Crippen LogP contribution in [0.5, 0.6) is 0 Å². The zero-order valence-corrected chi connectivity index (χ0v) is 11.7. The van der Waals surface area contributed by atoms with E-state index in [2.05, 4.69) is 56.9 Å². The van der Waals surface area contributed by atoms with Gasteiger partial charge in [-0.15, -0.1) is 10.2 Å². The lowest BCUT2D eigenvalue weighted by Gasteiger charge is -2.21. The van der Waals surface area contributed by atoms with Crippen LogP contribution in [0.15, 0.2) is 34.7 Å². The van der Waals surface area contributed by atoms with Crippen LogP contribution in [-0.4, -0.2) is 10.2 Å². The maximum absolute atomic E-state index is 5.85. The number of hydrogen-bond acceptors (Lipinski definition) is 3. The Morgan fingerprint density at radius 3 is 1.89 bits per heavy atom. The topological polar surface area (TPSA) is 38.9 Å². The third-order valence-electron chi connectivity index (χ3n) is 3.10. The highest BCUT2D eigenvalue weighted by molar-refractivity contribution is 5.29. The Morgan fingerprint density at radius 1 is 0.833 bits per heavy atom. The highest BCUT2D eigenvalue weighted by Crippen LogP contribution is 2.32. The van der Waals surface area contributed by atoms with E-state index in [1.165, 1.54) is 5.56 Å². The lowest BCUT2D eigenvalue weighted by atomic mass is 9.84. The van der Waals surface area contributed by atoms with E-state index in [0.717, 1.165) is 0 Å². The molecule has 0 atom stereocenters. The van der Waals surface area contributed by atoms with Crippen LogP contribution in [-0.2, 0) is 10.8 Å². The van der Waals surface area contributed by atoms with Gasteiger partial charge in [-0.2, -0.15) is 0 Å². The molecule has 0 aliphatic carbocycles. The van der Waals surface area contributed by atoms with Gasteiger partial charge in [0.1, 0.15) is 0 Å². The maximum atomic E-state index is 5.85. The average Bonchev–Trinajstić information content (AvgIpc) is 2.79. The van der Waals surface area contributed by atoms with Gasteiger partial charge in [0.25, 0.3) is 0 Å². The summed E-state index contributed by atoms with van der Waals surface area (Å²) in [4.78, 5) is 0. The molecule has 3 heteroatoms. The van der Waals surface area contributed by atoms with Crippen LogP contribution in [0.25, 0.3) is 0 Å². The molecule has 0 aliphatic heterocycles. The Kier molecular flexibility index (Phi) is 3.01. The molecule has 1 aromatic carbocycles. The summed E-state index contributed by atoms with van der Waals surface area (Å²) in [5.41, 5.74) is 0.796. The second-order valence-electron chi connectivity index (χ2n) is 6.15. The van der Waals surface area contributed by atoms with Gasteiger partial charge in [-0.1, -0.05) is 51.1 Å². The smallest absolute Gasteiger partial charge is 0.226 e. The van der Waals surface area contributed by atoms with E-state index in [-0.39, 0.29) is 10.8 Å². The summed E-state index contributed by atoms with van der Waals surface area (Å²) < 4.78 is 5.85. The van der Waals surface area contributed by atoms with Crippen LogP contribution in [0.4, 0.5) is 0 Å². The van der Waals surface area contributed by atoms with Crippen molar-refractivity contribution in [3.63, 3.8) is 0 Å². The maximum Gasteiger partial charge on any atom is 0.226 e. The zero-order valence-electron chi connectivity index (χ0n) is 11.7. The second kappa shape index (κ2) is 4.23. The predicted molar refractivity (Wildman–Crippen MR) is 71.6 cm³/mol. The molecule has 2 rings (SSSR count). The summed E-state index contributed by atoms with van der Waals surface area (Å²) in [6.07, 6.45) is 0. The largest absolute Gasteiger partial charge is 0.424 e. The monoisotopic (exact) mass is 244 g/mol. The molecule has 0 N–H and O–H groups in total. The van der Waals surface area contributed by atoms with Crippen LogP contribution in [0, 0.1) is 0 Å². The number of aromatic nitrogens is 2. The molecule has 0 fully saturated rings. The van der Waals surface area contributed by atoms with Gasteiger partial charge >= 0.3 is 0 Å². The van der Waals surface area contributed by atoms with Gasteiger partial charge in [0, 0.05) is 5.41 Å². The van der Waals surface area contributed by atoms with Crippen molar-refractivity contribution in [1.29, 1.82) is 0 Å². The Balaban J connectivity index is 2.40. The first-order chi connectivity index (χ1) is 8.32. The summed E-state index contributed by atoms with van der Waals surface area (Å²) in [7, 11) is 0. The van der Waals surface area contributed by atoms with Crippen molar-refractivity contribution in [2.75, 3.05) is 0 Å². The summed E-state index contributed by atoms with van der Waals surface area (Å²) >= 11 is 0. The molecule has 0 aliphatic rings. The number of rotatable bonds is 2. The molecule has 0 saturated carbocycles. The van der Waals surface area contributed by atoms with E-state index in [4.69, 9.17) is 4.42 Å². The van der Waals surface area contributed by atoms with Gasteiger partial charge in [-0.25, -0.2) is 0 Å². The summed E-state index contributed by atoms with van der Waals surface area (Å²) in [6.45, 7) is 10.4. The molecule has 18 heavy (non-hydrogen) atoms. The van der Waals surface area contributed by atoms with Gasteiger partial charge in [-0.05, 0) is 19.4 Å². The Labute approximate surface area is 108 Å². The molecule has 0 saturated heterocycles. The number of benzene rings is 1. The van der Waals surface area contributed by atoms with E-state index >= 15 is 0 Å². The fourth-order valence-electron chi connectivity index (χ4n) is 1.76. The first kappa shape index (κ1) is 12.8. The molecule has 0 bridgehead atoms. The van der Waals surface area contributed by atoms with Gasteiger partial charge in [0.05, 0.1) is 5.41 Å². The molecule has 0 unspecified atom stereocenters. The standard InChI is InChI=1S/C15H20N2O/c1-14(2,3)12-16-17-13(18-12)15(4,5)11-9-7-6-8-10-11/h6-10H,1-5H3. The first-order valence-corrected chi connectivity index (χ1v) is 6.22. The zero-order chi connectivity index (χ0) is 13.4. The normalized spacial score (nSPS) is 12.7. The molecular formula is C15H20N2O. The van der Waals surface area contributed by atoms with Crippen molar-refractivity contribution >= 4 is 0 Å². The van der Waals surface area contributed by atoms with Crippen molar-refractivity contribution < 1.29 is 4.42 Å². The molecule has 2 aromatic rings. The van der Waals surface area contributed by atoms with Crippen LogP contribution >= 0.6 is 0 Å². The van der Waals surface area contributed by atoms with Gasteiger partial charge < -0.3 is 4.42 Å². The fourth-order valence-corrected chi connectivity index (χ4v) is 1.76. The predicted octanol–water partition coefficient (Wildman–Crippen LogP) is 3.69. The highest BCUT2D eigenvalue weighted by atomic mass is 16.4. The first-order valence-electron chi connectivity index (χ1n) is 6.22. The summed E-state index contributed by atoms with van der Waals surface area (Å²) in [5, 5.41) is 8.38. The minimum absolute atomic E-state index is 0.113. The van der Waals surface area contributed by atoms with Crippen molar-refractivity contribution in [2.24, 2.45) is 0 Å². The molecule has 0 amide bonds. The molecular weight excluding hydrogens is 224 g/mol. The number of hydrogen-bond donors (Lipinski definition) is 0. The highest BCUT2D eigenvalue weighted by Gasteiger charge is 2.31. The van der Waals surface area contributed by atoms with Gasteiger partial charge in [-0.3, -0.25) is 0 Å². The third kappa shape index (κ3) is 2.30. The summed E-state index contributed by atoms with van der Waals surface area (Å²) in [5.74, 6) is 1.35. The average molecular weight is 244 g/mol. The fraction of sp³-hybridized carbons (Fsp3) is 0.467. The lowest BCUT2D eigenvalue weighted by molar-refractivity contribution is 0.340. The van der Waals surface area contributed by atoms with Gasteiger partial charge in [0.2, 0.25) is 11.8 Å². The van der Waals surface area contributed by atoms with Gasteiger partial charge in [0.15, 0.2) is 0 Å². The molecule has 96 valence electrons. The van der Waals surface area contributed by atoms with E-state index in [1.807, 2.05) is 18.2 Å². The van der Waals surface area contributed by atoms with Crippen LogP contribution < -0.4 is 0 Å². The number of nitrogens with zero attached hydrogens (tertiary/aromatic N) is 2. The minimum Gasteiger partial charge on any atom is -0.424 e. The molecule has 0 spiro atoms. The van der Waals surface area contributed by atoms with Crippen LogP contribution in [0.2, 0.25) is 0 Å². The van der Waals surface area contributed by atoms with E-state index < -0.39 is 0 Å². The van der Waals surface area contributed by atoms with E-state index in [9.17, 15) is 0 Å². The minimum atomic E-state index is -0.266. The van der Waals surface area contributed by atoms with E-state index in [0.29, 0.717) is 11.8 Å². The lowest BCUT2D eigenvalue weighted by Crippen LogP contribution is -2.19. The van der Waals surface area contributed by atoms with E-state index in [1.54, 1.807) is 0 Å². The SMILES string of the molecule is CC(C)(C)c1nnc(C(C)(C)c2ccccc2)o1. The Morgan fingerprint density at radius 2 is 1.39 bits per heavy atom. The molecule has 0 radical (unpaired) electrons.